The molecule has 4 heteroatoms. The van der Waals surface area contributed by atoms with E-state index < -0.39 is 5.41 Å². The highest BCUT2D eigenvalue weighted by molar-refractivity contribution is 5.83. The molecule has 0 aliphatic carbocycles. The summed E-state index contributed by atoms with van der Waals surface area (Å²) in [4.78, 5) is 12.7. The van der Waals surface area contributed by atoms with Crippen LogP contribution in [-0.2, 0) is 9.53 Å². The molecule has 1 saturated heterocycles. The molecule has 21 heavy (non-hydrogen) atoms. The summed E-state index contributed by atoms with van der Waals surface area (Å²) in [5, 5.41) is 3.15. The molecule has 1 fully saturated rings. The Hall–Kier alpha value is -1.39. The van der Waals surface area contributed by atoms with Crippen molar-refractivity contribution in [1.82, 2.24) is 5.32 Å². The van der Waals surface area contributed by atoms with Crippen LogP contribution < -0.4 is 11.1 Å². The molecule has 1 aliphatic heterocycles. The van der Waals surface area contributed by atoms with Crippen molar-refractivity contribution in [3.63, 3.8) is 0 Å². The number of carbonyl (C=O) groups excluding carboxylic acids is 1. The predicted molar refractivity (Wildman–Crippen MR) is 84.0 cm³/mol. The number of aryl methyl sites for hydroxylation is 1. The van der Waals surface area contributed by atoms with E-state index in [1.165, 1.54) is 16.7 Å². The normalized spacial score (nSPS) is 19.0. The van der Waals surface area contributed by atoms with E-state index >= 15 is 0 Å². The van der Waals surface area contributed by atoms with Crippen LogP contribution in [0.3, 0.4) is 0 Å². The summed E-state index contributed by atoms with van der Waals surface area (Å²) < 4.78 is 5.37. The van der Waals surface area contributed by atoms with E-state index in [1.807, 2.05) is 13.0 Å². The molecule has 0 radical (unpaired) electrons. The summed E-state index contributed by atoms with van der Waals surface area (Å²) >= 11 is 0. The minimum absolute atomic E-state index is 0.0105. The lowest BCUT2D eigenvalue weighted by molar-refractivity contribution is -0.136. The van der Waals surface area contributed by atoms with Gasteiger partial charge >= 0.3 is 0 Å². The Bertz CT molecular complexity index is 508. The summed E-state index contributed by atoms with van der Waals surface area (Å²) in [6.45, 7) is 7.82. The quantitative estimate of drug-likeness (QED) is 0.894. The molecule has 1 heterocycles. The average molecular weight is 290 g/mol. The average Bonchev–Trinajstić information content (AvgIpc) is 2.50. The third-order valence-electron chi connectivity index (χ3n) is 4.78. The van der Waals surface area contributed by atoms with Gasteiger partial charge in [-0.3, -0.25) is 4.79 Å². The molecular formula is C17H26N2O2. The number of ether oxygens (including phenoxy) is 1. The molecule has 0 spiro atoms. The fraction of sp³-hybridized carbons (Fsp3) is 0.588. The van der Waals surface area contributed by atoms with Crippen molar-refractivity contribution < 1.29 is 9.53 Å². The molecule has 1 atom stereocenters. The zero-order valence-electron chi connectivity index (χ0n) is 13.2. The number of amides is 1. The van der Waals surface area contributed by atoms with Crippen molar-refractivity contribution in [1.29, 1.82) is 0 Å². The molecule has 0 aromatic heterocycles. The van der Waals surface area contributed by atoms with Crippen LogP contribution in [0, 0.1) is 19.3 Å². The topological polar surface area (TPSA) is 64.4 Å². The van der Waals surface area contributed by atoms with Crippen molar-refractivity contribution in [3.05, 3.63) is 34.9 Å². The van der Waals surface area contributed by atoms with Crippen LogP contribution in [0.15, 0.2) is 18.2 Å². The van der Waals surface area contributed by atoms with E-state index in [1.54, 1.807) is 0 Å². The molecule has 1 aliphatic rings. The van der Waals surface area contributed by atoms with Crippen LogP contribution in [0.25, 0.3) is 0 Å². The molecule has 3 N–H and O–H groups in total. The van der Waals surface area contributed by atoms with Crippen LogP contribution >= 0.6 is 0 Å². The van der Waals surface area contributed by atoms with Crippen molar-refractivity contribution in [2.75, 3.05) is 19.8 Å². The van der Waals surface area contributed by atoms with E-state index in [4.69, 9.17) is 10.5 Å². The van der Waals surface area contributed by atoms with E-state index in [9.17, 15) is 4.79 Å². The zero-order valence-corrected chi connectivity index (χ0v) is 13.2. The van der Waals surface area contributed by atoms with Gasteiger partial charge in [0.05, 0.1) is 11.5 Å². The molecular weight excluding hydrogens is 264 g/mol. The van der Waals surface area contributed by atoms with E-state index in [-0.39, 0.29) is 11.9 Å². The first-order chi connectivity index (χ1) is 10.00. The molecule has 4 nitrogen and oxygen atoms in total. The lowest BCUT2D eigenvalue weighted by Crippen LogP contribution is -2.49. The van der Waals surface area contributed by atoms with E-state index in [0.717, 1.165) is 0 Å². The number of hydrogen-bond acceptors (Lipinski definition) is 3. The Morgan fingerprint density at radius 3 is 2.67 bits per heavy atom. The maximum Gasteiger partial charge on any atom is 0.228 e. The second-order valence-corrected chi connectivity index (χ2v) is 6.08. The molecule has 1 unspecified atom stereocenters. The van der Waals surface area contributed by atoms with Gasteiger partial charge in [0, 0.05) is 19.8 Å². The summed E-state index contributed by atoms with van der Waals surface area (Å²) in [5.74, 6) is 0.0571. The summed E-state index contributed by atoms with van der Waals surface area (Å²) in [6, 6.07) is 6.19. The van der Waals surface area contributed by atoms with Gasteiger partial charge in [-0.05, 0) is 50.3 Å². The molecule has 2 rings (SSSR count). The standard InChI is InChI=1S/C17H26N2O2/c1-12-5-4-6-15(13(12)2)14(3)19-16(20)17(11-18)7-9-21-10-8-17/h4-6,14H,7-11,18H2,1-3H3,(H,19,20). The van der Waals surface area contributed by atoms with Gasteiger partial charge < -0.3 is 15.8 Å². The lowest BCUT2D eigenvalue weighted by atomic mass is 9.79. The zero-order chi connectivity index (χ0) is 15.5. The third-order valence-corrected chi connectivity index (χ3v) is 4.78. The third kappa shape index (κ3) is 3.27. The van der Waals surface area contributed by atoms with Gasteiger partial charge in [0.2, 0.25) is 5.91 Å². The van der Waals surface area contributed by atoms with Gasteiger partial charge in [0.25, 0.3) is 0 Å². The number of rotatable bonds is 4. The molecule has 0 bridgehead atoms. The maximum atomic E-state index is 12.7. The summed E-state index contributed by atoms with van der Waals surface area (Å²) in [5.41, 5.74) is 9.07. The fourth-order valence-corrected chi connectivity index (χ4v) is 2.96. The molecule has 1 amide bonds. The van der Waals surface area contributed by atoms with Crippen molar-refractivity contribution in [2.45, 2.75) is 39.7 Å². The minimum Gasteiger partial charge on any atom is -0.381 e. The first kappa shape index (κ1) is 16.0. The number of nitrogens with one attached hydrogen (secondary N) is 1. The molecule has 1 aromatic carbocycles. The SMILES string of the molecule is Cc1cccc(C(C)NC(=O)C2(CN)CCOCC2)c1C. The second-order valence-electron chi connectivity index (χ2n) is 6.08. The van der Waals surface area contributed by atoms with Gasteiger partial charge in [-0.25, -0.2) is 0 Å². The van der Waals surface area contributed by atoms with Crippen LogP contribution in [0.4, 0.5) is 0 Å². The van der Waals surface area contributed by atoms with Gasteiger partial charge in [-0.2, -0.15) is 0 Å². The second kappa shape index (κ2) is 6.58. The van der Waals surface area contributed by atoms with Gasteiger partial charge in [0.15, 0.2) is 0 Å². The van der Waals surface area contributed by atoms with Crippen molar-refractivity contribution >= 4 is 5.91 Å². The number of nitrogens with two attached hydrogens (primary N) is 1. The summed E-state index contributed by atoms with van der Waals surface area (Å²) in [6.07, 6.45) is 1.41. The Morgan fingerprint density at radius 2 is 2.05 bits per heavy atom. The van der Waals surface area contributed by atoms with Crippen molar-refractivity contribution in [2.24, 2.45) is 11.1 Å². The Balaban J connectivity index is 2.12. The number of carbonyl (C=O) groups is 1. The summed E-state index contributed by atoms with van der Waals surface area (Å²) in [7, 11) is 0. The van der Waals surface area contributed by atoms with Crippen LogP contribution in [0.2, 0.25) is 0 Å². The highest BCUT2D eigenvalue weighted by atomic mass is 16.5. The monoisotopic (exact) mass is 290 g/mol. The predicted octanol–water partition coefficient (Wildman–Crippen LogP) is 2.24. The largest absolute Gasteiger partial charge is 0.381 e. The smallest absolute Gasteiger partial charge is 0.228 e. The highest BCUT2D eigenvalue weighted by Crippen LogP contribution is 2.31. The van der Waals surface area contributed by atoms with E-state index in [0.29, 0.717) is 32.6 Å². The molecule has 1 aromatic rings. The lowest BCUT2D eigenvalue weighted by Gasteiger charge is -2.35. The molecule has 0 saturated carbocycles. The van der Waals surface area contributed by atoms with Crippen molar-refractivity contribution in [3.8, 4) is 0 Å². The fourth-order valence-electron chi connectivity index (χ4n) is 2.96. The first-order valence-corrected chi connectivity index (χ1v) is 7.65. The Morgan fingerprint density at radius 1 is 1.38 bits per heavy atom. The van der Waals surface area contributed by atoms with Crippen LogP contribution in [-0.4, -0.2) is 25.7 Å². The van der Waals surface area contributed by atoms with Gasteiger partial charge in [-0.15, -0.1) is 0 Å². The maximum absolute atomic E-state index is 12.7. The molecule has 116 valence electrons. The first-order valence-electron chi connectivity index (χ1n) is 7.65. The number of benzene rings is 1. The highest BCUT2D eigenvalue weighted by Gasteiger charge is 2.39. The van der Waals surface area contributed by atoms with Crippen LogP contribution in [0.5, 0.6) is 0 Å². The van der Waals surface area contributed by atoms with E-state index in [2.05, 4.69) is 31.3 Å². The minimum atomic E-state index is -0.468. The van der Waals surface area contributed by atoms with Gasteiger partial charge in [-0.1, -0.05) is 18.2 Å². The van der Waals surface area contributed by atoms with Gasteiger partial charge in [0.1, 0.15) is 0 Å². The van der Waals surface area contributed by atoms with Crippen LogP contribution in [0.1, 0.15) is 42.5 Å². The Kier molecular flexibility index (Phi) is 5.01. The number of hydrogen-bond donors (Lipinski definition) is 2. The Labute approximate surface area is 127 Å².